The van der Waals surface area contributed by atoms with E-state index in [1.165, 1.54) is 0 Å². The molecule has 23 heavy (non-hydrogen) atoms. The number of amides is 1. The maximum atomic E-state index is 12.5. The summed E-state index contributed by atoms with van der Waals surface area (Å²) in [6.07, 6.45) is 3.92. The number of nitrogens with one attached hydrogen (secondary N) is 2. The smallest absolute Gasteiger partial charge is 0.228 e. The number of methoxy groups -OCH3 is 1. The average Bonchev–Trinajstić information content (AvgIpc) is 2.52. The molecule has 1 aliphatic rings. The molecule has 0 radical (unpaired) electrons. The summed E-state index contributed by atoms with van der Waals surface area (Å²) in [5.74, 6) is 0.175. The third kappa shape index (κ3) is 8.54. The monoisotopic (exact) mass is 371 g/mol. The molecular weight excluding hydrogens is 337 g/mol. The molecule has 0 saturated carbocycles. The van der Waals surface area contributed by atoms with E-state index in [0.29, 0.717) is 6.61 Å². The van der Waals surface area contributed by atoms with Crippen LogP contribution in [0.1, 0.15) is 39.5 Å². The first-order valence-corrected chi connectivity index (χ1v) is 8.39. The molecule has 7 heteroatoms. The van der Waals surface area contributed by atoms with Gasteiger partial charge >= 0.3 is 0 Å². The molecule has 140 valence electrons. The maximum absolute atomic E-state index is 12.5. The Morgan fingerprint density at radius 2 is 1.78 bits per heavy atom. The van der Waals surface area contributed by atoms with Crippen LogP contribution in [-0.2, 0) is 9.53 Å². The van der Waals surface area contributed by atoms with Crippen LogP contribution in [0, 0.1) is 5.41 Å². The van der Waals surface area contributed by atoms with Gasteiger partial charge in [-0.25, -0.2) is 0 Å². The first kappa shape index (κ1) is 25.2. The van der Waals surface area contributed by atoms with Crippen molar-refractivity contribution in [2.75, 3.05) is 53.0 Å². The molecule has 1 heterocycles. The number of hydrogen-bond donors (Lipinski definition) is 2. The van der Waals surface area contributed by atoms with Gasteiger partial charge in [-0.1, -0.05) is 13.8 Å². The van der Waals surface area contributed by atoms with Gasteiger partial charge in [0.15, 0.2) is 0 Å². The summed E-state index contributed by atoms with van der Waals surface area (Å²) in [5.41, 5.74) is -0.321. The van der Waals surface area contributed by atoms with Crippen molar-refractivity contribution < 1.29 is 9.53 Å². The Hall–Kier alpha value is -0.0700. The fraction of sp³-hybridized carbons (Fsp3) is 0.938. The van der Waals surface area contributed by atoms with E-state index in [1.54, 1.807) is 7.11 Å². The Labute approximate surface area is 154 Å². The van der Waals surface area contributed by atoms with Gasteiger partial charge in [-0.2, -0.15) is 0 Å². The summed E-state index contributed by atoms with van der Waals surface area (Å²) in [4.78, 5) is 14.9. The number of nitrogens with zero attached hydrogens (tertiary/aromatic N) is 1. The second-order valence-electron chi connectivity index (χ2n) is 5.95. The summed E-state index contributed by atoms with van der Waals surface area (Å²) in [6, 6.07) is 0. The molecule has 0 spiro atoms. The summed E-state index contributed by atoms with van der Waals surface area (Å²) in [7, 11) is 1.68. The van der Waals surface area contributed by atoms with Gasteiger partial charge in [0.05, 0.1) is 12.0 Å². The Morgan fingerprint density at radius 3 is 2.30 bits per heavy atom. The molecule has 0 aliphatic carbocycles. The number of carbonyl (C=O) groups excluding carboxylic acids is 1. The predicted octanol–water partition coefficient (Wildman–Crippen LogP) is 2.08. The normalized spacial score (nSPS) is 16.3. The quantitative estimate of drug-likeness (QED) is 0.577. The van der Waals surface area contributed by atoms with Crippen molar-refractivity contribution in [2.24, 2.45) is 5.41 Å². The van der Waals surface area contributed by atoms with Gasteiger partial charge in [-0.15, -0.1) is 24.8 Å². The van der Waals surface area contributed by atoms with Crippen molar-refractivity contribution in [2.45, 2.75) is 39.5 Å². The van der Waals surface area contributed by atoms with E-state index in [1.807, 2.05) is 0 Å². The lowest BCUT2D eigenvalue weighted by atomic mass is 9.78. The molecule has 1 rings (SSSR count). The van der Waals surface area contributed by atoms with Crippen molar-refractivity contribution >= 4 is 30.7 Å². The first-order valence-electron chi connectivity index (χ1n) is 8.39. The fourth-order valence-electron chi connectivity index (χ4n) is 3.01. The molecule has 0 aromatic rings. The minimum absolute atomic E-state index is 0. The number of rotatable bonds is 10. The third-order valence-electron chi connectivity index (χ3n) is 4.54. The van der Waals surface area contributed by atoms with E-state index < -0.39 is 0 Å². The minimum atomic E-state index is -0.321. The second-order valence-corrected chi connectivity index (χ2v) is 5.95. The van der Waals surface area contributed by atoms with Crippen molar-refractivity contribution in [1.82, 2.24) is 15.5 Å². The van der Waals surface area contributed by atoms with E-state index >= 15 is 0 Å². The molecule has 2 N–H and O–H groups in total. The number of carbonyl (C=O) groups is 1. The highest BCUT2D eigenvalue weighted by atomic mass is 35.5. The fourth-order valence-corrected chi connectivity index (χ4v) is 3.01. The average molecular weight is 372 g/mol. The van der Waals surface area contributed by atoms with Gasteiger partial charge in [0.25, 0.3) is 0 Å². The van der Waals surface area contributed by atoms with Crippen molar-refractivity contribution in [3.63, 3.8) is 0 Å². The molecule has 0 aromatic heterocycles. The van der Waals surface area contributed by atoms with Crippen LogP contribution in [-0.4, -0.2) is 63.8 Å². The van der Waals surface area contributed by atoms with Crippen molar-refractivity contribution in [3.05, 3.63) is 0 Å². The number of halogens is 2. The summed E-state index contributed by atoms with van der Waals surface area (Å²) < 4.78 is 5.30. The lowest BCUT2D eigenvalue weighted by Gasteiger charge is -2.35. The van der Waals surface area contributed by atoms with E-state index in [4.69, 9.17) is 4.74 Å². The van der Waals surface area contributed by atoms with Gasteiger partial charge in [-0.3, -0.25) is 4.79 Å². The zero-order valence-corrected chi connectivity index (χ0v) is 16.5. The molecular formula is C16H35Cl2N3O2. The van der Waals surface area contributed by atoms with Crippen LogP contribution in [0.2, 0.25) is 0 Å². The largest absolute Gasteiger partial charge is 0.384 e. The summed E-state index contributed by atoms with van der Waals surface area (Å²) in [6.45, 7) is 10.8. The Bertz CT molecular complexity index is 292. The standard InChI is InChI=1S/C16H33N3O2.2ClH/c1-4-19(5-2)13-7-6-10-18-15(20)16(14-21-3)8-11-17-12-9-16;;/h17H,4-14H2,1-3H3,(H,18,20);2*1H. The van der Waals surface area contributed by atoms with Gasteiger partial charge in [0.2, 0.25) is 5.91 Å². The Balaban J connectivity index is 0. The van der Waals surface area contributed by atoms with Crippen LogP contribution < -0.4 is 10.6 Å². The van der Waals surface area contributed by atoms with Crippen molar-refractivity contribution in [3.8, 4) is 0 Å². The lowest BCUT2D eigenvalue weighted by Crippen LogP contribution is -2.50. The highest BCUT2D eigenvalue weighted by molar-refractivity contribution is 5.85. The zero-order chi connectivity index (χ0) is 15.6. The predicted molar refractivity (Wildman–Crippen MR) is 101 cm³/mol. The van der Waals surface area contributed by atoms with Gasteiger partial charge in [-0.05, 0) is 58.4 Å². The third-order valence-corrected chi connectivity index (χ3v) is 4.54. The molecule has 0 unspecified atom stereocenters. The topological polar surface area (TPSA) is 53.6 Å². The number of piperidine rings is 1. The van der Waals surface area contributed by atoms with Crippen LogP contribution in [0.15, 0.2) is 0 Å². The van der Waals surface area contributed by atoms with E-state index in [2.05, 4.69) is 29.4 Å². The number of ether oxygens (including phenoxy) is 1. The van der Waals surface area contributed by atoms with Gasteiger partial charge < -0.3 is 20.3 Å². The Kier molecular flexibility index (Phi) is 15.6. The first-order chi connectivity index (χ1) is 10.2. The molecule has 5 nitrogen and oxygen atoms in total. The van der Waals surface area contributed by atoms with Crippen LogP contribution in [0.25, 0.3) is 0 Å². The molecule has 0 aromatic carbocycles. The molecule has 1 aliphatic heterocycles. The molecule has 1 saturated heterocycles. The molecule has 0 bridgehead atoms. The van der Waals surface area contributed by atoms with Gasteiger partial charge in [0.1, 0.15) is 0 Å². The lowest BCUT2D eigenvalue weighted by molar-refractivity contribution is -0.136. The van der Waals surface area contributed by atoms with Gasteiger partial charge in [0, 0.05) is 13.7 Å². The van der Waals surface area contributed by atoms with Crippen LogP contribution in [0.4, 0.5) is 0 Å². The van der Waals surface area contributed by atoms with E-state index in [-0.39, 0.29) is 36.1 Å². The molecule has 1 fully saturated rings. The SMILES string of the molecule is CCN(CC)CCCCNC(=O)C1(COC)CCNCC1.Cl.Cl. The van der Waals surface area contributed by atoms with Crippen LogP contribution in [0.3, 0.4) is 0 Å². The van der Waals surface area contributed by atoms with Crippen molar-refractivity contribution in [1.29, 1.82) is 0 Å². The summed E-state index contributed by atoms with van der Waals surface area (Å²) in [5, 5.41) is 6.44. The summed E-state index contributed by atoms with van der Waals surface area (Å²) >= 11 is 0. The van der Waals surface area contributed by atoms with Crippen LogP contribution in [0.5, 0.6) is 0 Å². The number of hydrogen-bond acceptors (Lipinski definition) is 4. The second kappa shape index (κ2) is 14.3. The Morgan fingerprint density at radius 1 is 1.17 bits per heavy atom. The molecule has 0 atom stereocenters. The highest BCUT2D eigenvalue weighted by Gasteiger charge is 2.39. The highest BCUT2D eigenvalue weighted by Crippen LogP contribution is 2.29. The molecule has 1 amide bonds. The zero-order valence-electron chi connectivity index (χ0n) is 14.9. The van der Waals surface area contributed by atoms with E-state index in [9.17, 15) is 4.79 Å². The van der Waals surface area contributed by atoms with E-state index in [0.717, 1.165) is 65.0 Å². The maximum Gasteiger partial charge on any atom is 0.228 e. The number of unbranched alkanes of at least 4 members (excludes halogenated alkanes) is 1. The van der Waals surface area contributed by atoms with Crippen LogP contribution >= 0.6 is 24.8 Å². The minimum Gasteiger partial charge on any atom is -0.384 e.